The van der Waals surface area contributed by atoms with Crippen LogP contribution in [0, 0.1) is 6.92 Å². The van der Waals surface area contributed by atoms with E-state index in [1.165, 1.54) is 4.57 Å². The molecule has 0 amide bonds. The Bertz CT molecular complexity index is 1620. The van der Waals surface area contributed by atoms with Gasteiger partial charge in [-0.2, -0.15) is 0 Å². The predicted octanol–water partition coefficient (Wildman–Crippen LogP) is 3.20. The first-order chi connectivity index (χ1) is 20.5. The molecule has 218 valence electrons. The number of nitrogens with one attached hydrogen (secondary N) is 1. The lowest BCUT2D eigenvalue weighted by Crippen LogP contribution is -2.72. The Morgan fingerprint density at radius 3 is 2.19 bits per heavy atom. The molecule has 3 aromatic carbocycles. The van der Waals surface area contributed by atoms with Crippen LogP contribution in [0.5, 0.6) is 5.75 Å². The SMILES string of the molecule is COc1ccc(Cn2c(=O)c(C)cn([C@@]34CN[C@@H]3[C@H](OCc3ccccc3)[C@@H](COCc3ccccc3)O4)c2=O)cc1. The number of benzene rings is 3. The van der Waals surface area contributed by atoms with E-state index in [1.807, 2.05) is 84.9 Å². The first kappa shape index (κ1) is 28.1. The van der Waals surface area contributed by atoms with Gasteiger partial charge in [-0.05, 0) is 35.7 Å². The Hall–Kier alpha value is -4.02. The van der Waals surface area contributed by atoms with Crippen LogP contribution in [0.1, 0.15) is 22.3 Å². The largest absolute Gasteiger partial charge is 0.497 e. The third-order valence-corrected chi connectivity index (χ3v) is 8.04. The third kappa shape index (κ3) is 5.44. The maximum Gasteiger partial charge on any atom is 0.333 e. The summed E-state index contributed by atoms with van der Waals surface area (Å²) in [6.07, 6.45) is 0.792. The van der Waals surface area contributed by atoms with Crippen molar-refractivity contribution in [3.05, 3.63) is 134 Å². The standard InChI is InChI=1S/C33H35N3O6/c1-23-17-36(32(38)35(31(23)37)18-24-13-15-27(39-2)16-14-24)33-22-34-30(33)29(41-20-26-11-7-4-8-12-26)28(42-33)21-40-19-25-9-5-3-6-10-25/h3-17,28-30,34H,18-22H2,1-2H3/t28-,29-,30-,33-/m1/s1. The monoisotopic (exact) mass is 569 g/mol. The normalized spacial score (nSPS) is 22.9. The van der Waals surface area contributed by atoms with Crippen molar-refractivity contribution in [2.75, 3.05) is 20.3 Å². The van der Waals surface area contributed by atoms with Crippen LogP contribution in [0.3, 0.4) is 0 Å². The van der Waals surface area contributed by atoms with E-state index in [-0.39, 0.29) is 30.9 Å². The van der Waals surface area contributed by atoms with Crippen molar-refractivity contribution in [2.24, 2.45) is 0 Å². The van der Waals surface area contributed by atoms with Crippen molar-refractivity contribution in [1.29, 1.82) is 0 Å². The lowest BCUT2D eigenvalue weighted by molar-refractivity contribution is -0.159. The Labute approximate surface area is 244 Å². The summed E-state index contributed by atoms with van der Waals surface area (Å²) in [5.74, 6) is 0.705. The van der Waals surface area contributed by atoms with Gasteiger partial charge in [-0.15, -0.1) is 0 Å². The smallest absolute Gasteiger partial charge is 0.333 e. The third-order valence-electron chi connectivity index (χ3n) is 8.04. The fraction of sp³-hybridized carbons (Fsp3) is 0.333. The van der Waals surface area contributed by atoms with E-state index >= 15 is 0 Å². The molecular formula is C33H35N3O6. The second-order valence-corrected chi connectivity index (χ2v) is 10.8. The first-order valence-electron chi connectivity index (χ1n) is 14.1. The van der Waals surface area contributed by atoms with Crippen LogP contribution in [-0.2, 0) is 39.7 Å². The van der Waals surface area contributed by atoms with Gasteiger partial charge in [-0.3, -0.25) is 13.9 Å². The minimum absolute atomic E-state index is 0.134. The molecule has 2 saturated heterocycles. The van der Waals surface area contributed by atoms with Crippen LogP contribution in [0.4, 0.5) is 0 Å². The van der Waals surface area contributed by atoms with Crippen LogP contribution in [0.2, 0.25) is 0 Å². The number of methoxy groups -OCH3 is 1. The van der Waals surface area contributed by atoms with Gasteiger partial charge in [0.1, 0.15) is 18.0 Å². The van der Waals surface area contributed by atoms with Crippen LogP contribution < -0.4 is 21.3 Å². The maximum absolute atomic E-state index is 14.0. The van der Waals surface area contributed by atoms with Crippen molar-refractivity contribution in [3.63, 3.8) is 0 Å². The van der Waals surface area contributed by atoms with E-state index in [9.17, 15) is 9.59 Å². The summed E-state index contributed by atoms with van der Waals surface area (Å²) in [6.45, 7) is 3.37. The summed E-state index contributed by atoms with van der Waals surface area (Å²) in [4.78, 5) is 27.1. The molecule has 9 nitrogen and oxygen atoms in total. The number of fused-ring (bicyclic) bond motifs is 1. The molecule has 6 rings (SSSR count). The highest BCUT2D eigenvalue weighted by molar-refractivity contribution is 5.27. The average Bonchev–Trinajstić information content (AvgIpc) is 3.22. The number of aryl methyl sites for hydroxylation is 1. The molecular weight excluding hydrogens is 534 g/mol. The van der Waals surface area contributed by atoms with Gasteiger partial charge < -0.3 is 24.3 Å². The topological polar surface area (TPSA) is 93.0 Å². The van der Waals surface area contributed by atoms with Crippen LogP contribution in [0.25, 0.3) is 0 Å². The van der Waals surface area contributed by atoms with E-state index in [2.05, 4.69) is 5.32 Å². The highest BCUT2D eigenvalue weighted by Gasteiger charge is 2.63. The maximum atomic E-state index is 14.0. The molecule has 2 aliphatic heterocycles. The highest BCUT2D eigenvalue weighted by atomic mass is 16.6. The minimum Gasteiger partial charge on any atom is -0.497 e. The molecule has 2 fully saturated rings. The zero-order valence-electron chi connectivity index (χ0n) is 23.8. The van der Waals surface area contributed by atoms with E-state index < -0.39 is 17.5 Å². The molecule has 2 aliphatic rings. The second kappa shape index (κ2) is 12.1. The van der Waals surface area contributed by atoms with Crippen molar-refractivity contribution in [1.82, 2.24) is 14.5 Å². The lowest BCUT2D eigenvalue weighted by atomic mass is 9.91. The number of hydrogen-bond acceptors (Lipinski definition) is 7. The lowest BCUT2D eigenvalue weighted by Gasteiger charge is -2.46. The van der Waals surface area contributed by atoms with Gasteiger partial charge >= 0.3 is 5.69 Å². The molecule has 0 radical (unpaired) electrons. The number of nitrogens with zero attached hydrogens (tertiary/aromatic N) is 2. The Morgan fingerprint density at radius 2 is 1.57 bits per heavy atom. The molecule has 0 aliphatic carbocycles. The van der Waals surface area contributed by atoms with E-state index in [0.29, 0.717) is 31.1 Å². The molecule has 0 unspecified atom stereocenters. The van der Waals surface area contributed by atoms with Gasteiger partial charge in [0.05, 0.1) is 39.5 Å². The van der Waals surface area contributed by atoms with Crippen molar-refractivity contribution < 1.29 is 18.9 Å². The van der Waals surface area contributed by atoms with Crippen LogP contribution >= 0.6 is 0 Å². The fourth-order valence-corrected chi connectivity index (χ4v) is 5.74. The Morgan fingerprint density at radius 1 is 0.905 bits per heavy atom. The van der Waals surface area contributed by atoms with Gasteiger partial charge in [0.15, 0.2) is 5.72 Å². The quantitative estimate of drug-likeness (QED) is 0.297. The number of ether oxygens (including phenoxy) is 4. The van der Waals surface area contributed by atoms with Crippen molar-refractivity contribution in [3.8, 4) is 5.75 Å². The molecule has 4 atom stereocenters. The van der Waals surface area contributed by atoms with E-state index in [1.54, 1.807) is 24.8 Å². The van der Waals surface area contributed by atoms with Gasteiger partial charge in [0.2, 0.25) is 0 Å². The summed E-state index contributed by atoms with van der Waals surface area (Å²) < 4.78 is 27.4. The molecule has 1 N–H and O–H groups in total. The molecule has 1 aromatic heterocycles. The molecule has 4 aromatic rings. The number of rotatable bonds is 11. The molecule has 0 saturated carbocycles. The Kier molecular flexibility index (Phi) is 8.08. The summed E-state index contributed by atoms with van der Waals surface area (Å²) in [5, 5.41) is 3.45. The molecule has 9 heteroatoms. The van der Waals surface area contributed by atoms with Gasteiger partial charge in [-0.1, -0.05) is 72.8 Å². The number of aromatic nitrogens is 2. The Balaban J connectivity index is 1.29. The minimum atomic E-state index is -1.01. The van der Waals surface area contributed by atoms with E-state index in [4.69, 9.17) is 18.9 Å². The van der Waals surface area contributed by atoms with Gasteiger partial charge in [-0.25, -0.2) is 4.79 Å². The van der Waals surface area contributed by atoms with Crippen LogP contribution in [0.15, 0.2) is 101 Å². The fourth-order valence-electron chi connectivity index (χ4n) is 5.74. The zero-order chi connectivity index (χ0) is 29.1. The summed E-state index contributed by atoms with van der Waals surface area (Å²) in [5.41, 5.74) is 1.60. The summed E-state index contributed by atoms with van der Waals surface area (Å²) in [6, 6.07) is 26.9. The number of hydrogen-bond donors (Lipinski definition) is 1. The average molecular weight is 570 g/mol. The summed E-state index contributed by atoms with van der Waals surface area (Å²) in [7, 11) is 1.60. The van der Waals surface area contributed by atoms with E-state index in [0.717, 1.165) is 16.7 Å². The van der Waals surface area contributed by atoms with Crippen molar-refractivity contribution in [2.45, 2.75) is 50.7 Å². The van der Waals surface area contributed by atoms with Crippen molar-refractivity contribution >= 4 is 0 Å². The predicted molar refractivity (Wildman–Crippen MR) is 158 cm³/mol. The van der Waals surface area contributed by atoms with Gasteiger partial charge in [0.25, 0.3) is 5.56 Å². The molecule has 0 spiro atoms. The summed E-state index contributed by atoms with van der Waals surface area (Å²) >= 11 is 0. The first-order valence-corrected chi connectivity index (χ1v) is 14.1. The molecule has 0 bridgehead atoms. The molecule has 42 heavy (non-hydrogen) atoms. The second-order valence-electron chi connectivity index (χ2n) is 10.8. The van der Waals surface area contributed by atoms with Gasteiger partial charge in [0, 0.05) is 18.3 Å². The highest BCUT2D eigenvalue weighted by Crippen LogP contribution is 2.42. The van der Waals surface area contributed by atoms with Crippen LogP contribution in [-0.4, -0.2) is 47.6 Å². The zero-order valence-corrected chi connectivity index (χ0v) is 23.8. The molecule has 3 heterocycles.